The zero-order chi connectivity index (χ0) is 15.0. The summed E-state index contributed by atoms with van der Waals surface area (Å²) in [6.45, 7) is 7.78. The van der Waals surface area contributed by atoms with E-state index in [2.05, 4.69) is 4.98 Å². The molecule has 1 fully saturated rings. The van der Waals surface area contributed by atoms with Gasteiger partial charge in [-0.2, -0.15) is 5.26 Å². The van der Waals surface area contributed by atoms with Crippen LogP contribution in [0, 0.1) is 11.3 Å². The number of pyridine rings is 1. The van der Waals surface area contributed by atoms with Crippen LogP contribution in [0.1, 0.15) is 39.0 Å². The van der Waals surface area contributed by atoms with Crippen LogP contribution >= 0.6 is 0 Å². The molecule has 1 saturated heterocycles. The topological polar surface area (TPSA) is 72.2 Å². The number of aldehydes is 1. The highest BCUT2D eigenvalue weighted by molar-refractivity contribution is 6.61. The maximum absolute atomic E-state index is 10.8. The van der Waals surface area contributed by atoms with Gasteiger partial charge in [0.25, 0.3) is 0 Å². The van der Waals surface area contributed by atoms with Gasteiger partial charge >= 0.3 is 7.12 Å². The molecule has 0 amide bonds. The smallest absolute Gasteiger partial charge is 0.398 e. The van der Waals surface area contributed by atoms with Gasteiger partial charge in [0.1, 0.15) is 18.0 Å². The normalized spacial score (nSPS) is 19.6. The highest BCUT2D eigenvalue weighted by atomic mass is 16.7. The van der Waals surface area contributed by atoms with Gasteiger partial charge < -0.3 is 14.1 Å². The summed E-state index contributed by atoms with van der Waals surface area (Å²) in [5.74, 6) is 0. The van der Waals surface area contributed by atoms with Gasteiger partial charge in [-0.05, 0) is 39.3 Å². The van der Waals surface area contributed by atoms with Crippen molar-refractivity contribution in [2.45, 2.75) is 45.3 Å². The standard InChI is InChI=1S/C14H17BN2O3/c1-13(2)14(3,4)20-15(19-13)12-10(7-8-18)5-6-11(9-16)17-12/h5-6,8H,7H2,1-4H3. The molecule has 0 spiro atoms. The third-order valence-electron chi connectivity index (χ3n) is 3.91. The first-order chi connectivity index (χ1) is 9.30. The summed E-state index contributed by atoms with van der Waals surface area (Å²) in [6, 6.07) is 5.30. The highest BCUT2D eigenvalue weighted by Gasteiger charge is 2.52. The molecule has 5 nitrogen and oxygen atoms in total. The summed E-state index contributed by atoms with van der Waals surface area (Å²) in [6.07, 6.45) is 1.02. The van der Waals surface area contributed by atoms with Crippen LogP contribution < -0.4 is 5.59 Å². The summed E-state index contributed by atoms with van der Waals surface area (Å²) in [5.41, 5.74) is 0.539. The molecule has 0 N–H and O–H groups in total. The molecule has 2 heterocycles. The Hall–Kier alpha value is -1.71. The van der Waals surface area contributed by atoms with E-state index in [0.717, 1.165) is 11.8 Å². The van der Waals surface area contributed by atoms with Crippen molar-refractivity contribution in [2.75, 3.05) is 0 Å². The predicted molar refractivity (Wildman–Crippen MR) is 74.4 cm³/mol. The van der Waals surface area contributed by atoms with Gasteiger partial charge in [0, 0.05) is 6.42 Å². The first kappa shape index (κ1) is 14.7. The molecule has 0 bridgehead atoms. The quantitative estimate of drug-likeness (QED) is 0.606. The summed E-state index contributed by atoms with van der Waals surface area (Å²) in [4.78, 5) is 15.0. The predicted octanol–water partition coefficient (Wildman–Crippen LogP) is 0.994. The maximum Gasteiger partial charge on any atom is 0.514 e. The van der Waals surface area contributed by atoms with Crippen LogP contribution in [0.3, 0.4) is 0 Å². The molecule has 1 aliphatic rings. The second kappa shape index (κ2) is 5.00. The van der Waals surface area contributed by atoms with E-state index in [1.165, 1.54) is 0 Å². The van der Waals surface area contributed by atoms with E-state index in [1.807, 2.05) is 33.8 Å². The third-order valence-corrected chi connectivity index (χ3v) is 3.91. The third kappa shape index (κ3) is 2.47. The molecule has 0 saturated carbocycles. The van der Waals surface area contributed by atoms with Gasteiger partial charge in [0.05, 0.1) is 16.8 Å². The largest absolute Gasteiger partial charge is 0.514 e. The Kier molecular flexibility index (Phi) is 3.68. The highest BCUT2D eigenvalue weighted by Crippen LogP contribution is 2.36. The van der Waals surface area contributed by atoms with Gasteiger partial charge in [0.2, 0.25) is 0 Å². The fourth-order valence-corrected chi connectivity index (χ4v) is 1.99. The number of carbonyl (C=O) groups excluding carboxylic acids is 1. The molecule has 1 aromatic rings. The van der Waals surface area contributed by atoms with Gasteiger partial charge in [-0.1, -0.05) is 6.07 Å². The Morgan fingerprint density at radius 1 is 1.30 bits per heavy atom. The molecule has 104 valence electrons. The van der Waals surface area contributed by atoms with Gasteiger partial charge in [-0.3, -0.25) is 0 Å². The zero-order valence-electron chi connectivity index (χ0n) is 12.1. The minimum atomic E-state index is -0.664. The zero-order valence-corrected chi connectivity index (χ0v) is 12.1. The molecule has 1 aromatic heterocycles. The molecule has 0 atom stereocenters. The molecular weight excluding hydrogens is 255 g/mol. The maximum atomic E-state index is 10.8. The van der Waals surface area contributed by atoms with E-state index in [-0.39, 0.29) is 12.1 Å². The summed E-state index contributed by atoms with van der Waals surface area (Å²) in [5, 5.41) is 8.97. The van der Waals surface area contributed by atoms with Gasteiger partial charge in [-0.25, -0.2) is 4.98 Å². The summed E-state index contributed by atoms with van der Waals surface area (Å²) in [7, 11) is -0.664. The van der Waals surface area contributed by atoms with Gasteiger partial charge in [-0.15, -0.1) is 0 Å². The molecular formula is C14H17BN2O3. The lowest BCUT2D eigenvalue weighted by atomic mass is 9.80. The minimum absolute atomic E-state index is 0.220. The molecule has 0 radical (unpaired) electrons. The van der Waals surface area contributed by atoms with E-state index < -0.39 is 18.3 Å². The first-order valence-corrected chi connectivity index (χ1v) is 6.50. The van der Waals surface area contributed by atoms with E-state index in [9.17, 15) is 4.79 Å². The average Bonchev–Trinajstić information content (AvgIpc) is 2.59. The van der Waals surface area contributed by atoms with Crippen LogP contribution in [0.5, 0.6) is 0 Å². The van der Waals surface area contributed by atoms with Crippen molar-refractivity contribution >= 4 is 19.0 Å². The number of carbonyl (C=O) groups is 1. The Morgan fingerprint density at radius 3 is 2.40 bits per heavy atom. The van der Waals surface area contributed by atoms with E-state index >= 15 is 0 Å². The lowest BCUT2D eigenvalue weighted by Crippen LogP contribution is -2.41. The molecule has 0 unspecified atom stereocenters. The van der Waals surface area contributed by atoms with Crippen LogP contribution in [0.2, 0.25) is 0 Å². The molecule has 0 aromatic carbocycles. The van der Waals surface area contributed by atoms with E-state index in [1.54, 1.807) is 12.1 Å². The van der Waals surface area contributed by atoms with Crippen molar-refractivity contribution in [2.24, 2.45) is 0 Å². The molecule has 20 heavy (non-hydrogen) atoms. The lowest BCUT2D eigenvalue weighted by molar-refractivity contribution is -0.107. The molecule has 1 aliphatic heterocycles. The lowest BCUT2D eigenvalue weighted by Gasteiger charge is -2.32. The number of rotatable bonds is 3. The Labute approximate surface area is 119 Å². The Balaban J connectivity index is 2.42. The van der Waals surface area contributed by atoms with Crippen molar-refractivity contribution < 1.29 is 14.1 Å². The number of hydrogen-bond donors (Lipinski definition) is 0. The van der Waals surface area contributed by atoms with Gasteiger partial charge in [0.15, 0.2) is 0 Å². The van der Waals surface area contributed by atoms with Crippen molar-refractivity contribution in [3.63, 3.8) is 0 Å². The van der Waals surface area contributed by atoms with E-state index in [0.29, 0.717) is 5.59 Å². The van der Waals surface area contributed by atoms with Crippen molar-refractivity contribution in [3.05, 3.63) is 23.4 Å². The van der Waals surface area contributed by atoms with Crippen molar-refractivity contribution in [1.82, 2.24) is 4.98 Å². The molecule has 0 aliphatic carbocycles. The number of aromatic nitrogens is 1. The van der Waals surface area contributed by atoms with Crippen LogP contribution in [0.15, 0.2) is 12.1 Å². The van der Waals surface area contributed by atoms with E-state index in [4.69, 9.17) is 14.6 Å². The minimum Gasteiger partial charge on any atom is -0.398 e. The SMILES string of the molecule is CC1(C)OB(c2nc(C#N)ccc2CC=O)OC1(C)C. The summed E-state index contributed by atoms with van der Waals surface area (Å²) < 4.78 is 11.9. The number of nitrogens with zero attached hydrogens (tertiary/aromatic N) is 2. The van der Waals surface area contributed by atoms with Crippen LogP contribution in [0.25, 0.3) is 0 Å². The fraction of sp³-hybridized carbons (Fsp3) is 0.500. The van der Waals surface area contributed by atoms with Crippen LogP contribution in [0.4, 0.5) is 0 Å². The monoisotopic (exact) mass is 272 g/mol. The van der Waals surface area contributed by atoms with Crippen molar-refractivity contribution in [3.8, 4) is 6.07 Å². The van der Waals surface area contributed by atoms with Crippen LogP contribution in [-0.2, 0) is 20.5 Å². The summed E-state index contributed by atoms with van der Waals surface area (Å²) >= 11 is 0. The number of nitriles is 1. The van der Waals surface area contributed by atoms with Crippen molar-refractivity contribution in [1.29, 1.82) is 5.26 Å². The molecule has 2 rings (SSSR count). The first-order valence-electron chi connectivity index (χ1n) is 6.50. The van der Waals surface area contributed by atoms with Crippen LogP contribution in [-0.4, -0.2) is 29.6 Å². The second-order valence-corrected chi connectivity index (χ2v) is 5.81. The molecule has 6 heteroatoms. The fourth-order valence-electron chi connectivity index (χ4n) is 1.99. The second-order valence-electron chi connectivity index (χ2n) is 5.81. The number of hydrogen-bond acceptors (Lipinski definition) is 5. The Bertz CT molecular complexity index is 562. The average molecular weight is 272 g/mol. The Morgan fingerprint density at radius 2 is 1.90 bits per heavy atom.